The molecule has 1 aromatic carbocycles. The van der Waals surface area contributed by atoms with Crippen molar-refractivity contribution in [2.75, 3.05) is 26.7 Å². The van der Waals surface area contributed by atoms with E-state index >= 15 is 0 Å². The molecule has 0 saturated carbocycles. The molecule has 2 amide bonds. The molecule has 0 fully saturated rings. The molecule has 25 heavy (non-hydrogen) atoms. The van der Waals surface area contributed by atoms with E-state index in [9.17, 15) is 9.59 Å². The summed E-state index contributed by atoms with van der Waals surface area (Å²) in [4.78, 5) is 27.0. The first kappa shape index (κ1) is 19.2. The van der Waals surface area contributed by atoms with Crippen LogP contribution in [-0.4, -0.2) is 59.1 Å². The standard InChI is InChI=1S/C19H29N3O3/c1-14(17(23)24)11-21(4)18(25)20-13-19(2,3)22-10-9-15-7-5-6-8-16(15)12-22/h5-8,14H,9-13H2,1-4H3,(H,20,25)(H,23,24). The van der Waals surface area contributed by atoms with E-state index in [-0.39, 0.29) is 18.1 Å². The smallest absolute Gasteiger partial charge is 0.317 e. The van der Waals surface area contributed by atoms with Crippen LogP contribution >= 0.6 is 0 Å². The molecule has 1 unspecified atom stereocenters. The number of aliphatic carboxylic acids is 1. The van der Waals surface area contributed by atoms with Gasteiger partial charge in [-0.05, 0) is 31.4 Å². The van der Waals surface area contributed by atoms with Crippen molar-refractivity contribution in [1.29, 1.82) is 0 Å². The number of rotatable bonds is 6. The molecular formula is C19H29N3O3. The van der Waals surface area contributed by atoms with Crippen LogP contribution in [0.1, 0.15) is 31.9 Å². The van der Waals surface area contributed by atoms with Crippen LogP contribution in [0.4, 0.5) is 4.79 Å². The van der Waals surface area contributed by atoms with E-state index in [0.717, 1.165) is 19.5 Å². The predicted molar refractivity (Wildman–Crippen MR) is 97.5 cm³/mol. The number of nitrogens with one attached hydrogen (secondary N) is 1. The zero-order valence-electron chi connectivity index (χ0n) is 15.6. The second-order valence-electron chi connectivity index (χ2n) is 7.53. The fourth-order valence-corrected chi connectivity index (χ4v) is 3.12. The minimum Gasteiger partial charge on any atom is -0.481 e. The lowest BCUT2D eigenvalue weighted by Gasteiger charge is -2.42. The second kappa shape index (κ2) is 7.87. The van der Waals surface area contributed by atoms with E-state index in [2.05, 4.69) is 48.3 Å². The Morgan fingerprint density at radius 2 is 1.96 bits per heavy atom. The van der Waals surface area contributed by atoms with Crippen molar-refractivity contribution >= 4 is 12.0 Å². The summed E-state index contributed by atoms with van der Waals surface area (Å²) in [6.45, 7) is 8.40. The van der Waals surface area contributed by atoms with Crippen LogP contribution in [0, 0.1) is 5.92 Å². The first-order valence-electron chi connectivity index (χ1n) is 8.74. The number of carbonyl (C=O) groups is 2. The van der Waals surface area contributed by atoms with Gasteiger partial charge in [0.15, 0.2) is 0 Å². The molecule has 1 heterocycles. The third kappa shape index (κ3) is 4.95. The third-order valence-electron chi connectivity index (χ3n) is 4.97. The normalized spacial score (nSPS) is 16.0. The lowest BCUT2D eigenvalue weighted by atomic mass is 9.94. The van der Waals surface area contributed by atoms with Crippen molar-refractivity contribution in [3.05, 3.63) is 35.4 Å². The van der Waals surface area contributed by atoms with Crippen LogP contribution in [-0.2, 0) is 17.8 Å². The molecule has 1 aliphatic heterocycles. The first-order valence-corrected chi connectivity index (χ1v) is 8.74. The van der Waals surface area contributed by atoms with E-state index in [1.165, 1.54) is 16.0 Å². The minimum absolute atomic E-state index is 0.178. The van der Waals surface area contributed by atoms with Gasteiger partial charge in [0.05, 0.1) is 5.92 Å². The summed E-state index contributed by atoms with van der Waals surface area (Å²) in [5.74, 6) is -1.48. The van der Waals surface area contributed by atoms with Crippen molar-refractivity contribution < 1.29 is 14.7 Å². The molecule has 2 N–H and O–H groups in total. The molecule has 0 radical (unpaired) electrons. The van der Waals surface area contributed by atoms with E-state index in [1.807, 2.05) is 0 Å². The van der Waals surface area contributed by atoms with Crippen molar-refractivity contribution in [2.45, 2.75) is 39.3 Å². The van der Waals surface area contributed by atoms with E-state index in [4.69, 9.17) is 5.11 Å². The van der Waals surface area contributed by atoms with Gasteiger partial charge in [0.2, 0.25) is 0 Å². The van der Waals surface area contributed by atoms with Crippen LogP contribution in [0.2, 0.25) is 0 Å². The SMILES string of the molecule is CC(CN(C)C(=O)NCC(C)(C)N1CCc2ccccc2C1)C(=O)O. The monoisotopic (exact) mass is 347 g/mol. The van der Waals surface area contributed by atoms with Crippen molar-refractivity contribution in [2.24, 2.45) is 5.92 Å². The Hall–Kier alpha value is -2.08. The van der Waals surface area contributed by atoms with Gasteiger partial charge in [-0.1, -0.05) is 31.2 Å². The summed E-state index contributed by atoms with van der Waals surface area (Å²) in [5, 5.41) is 11.9. The van der Waals surface area contributed by atoms with Gasteiger partial charge in [0.1, 0.15) is 0 Å². The Bertz CT molecular complexity index is 630. The quantitative estimate of drug-likeness (QED) is 0.827. The van der Waals surface area contributed by atoms with Gasteiger partial charge < -0.3 is 15.3 Å². The van der Waals surface area contributed by atoms with Gasteiger partial charge in [-0.2, -0.15) is 0 Å². The van der Waals surface area contributed by atoms with E-state index < -0.39 is 11.9 Å². The highest BCUT2D eigenvalue weighted by molar-refractivity contribution is 5.75. The number of carboxylic acids is 1. The highest BCUT2D eigenvalue weighted by Crippen LogP contribution is 2.24. The lowest BCUT2D eigenvalue weighted by Crippen LogP contribution is -2.54. The maximum absolute atomic E-state index is 12.2. The fraction of sp³-hybridized carbons (Fsp3) is 0.579. The van der Waals surface area contributed by atoms with Crippen molar-refractivity contribution in [3.63, 3.8) is 0 Å². The largest absolute Gasteiger partial charge is 0.481 e. The molecule has 138 valence electrons. The number of benzene rings is 1. The predicted octanol–water partition coefficient (Wildman–Crippen LogP) is 2.19. The van der Waals surface area contributed by atoms with Crippen molar-refractivity contribution in [3.8, 4) is 0 Å². The fourth-order valence-electron chi connectivity index (χ4n) is 3.12. The molecule has 0 aromatic heterocycles. The minimum atomic E-state index is -0.896. The summed E-state index contributed by atoms with van der Waals surface area (Å²) >= 11 is 0. The maximum Gasteiger partial charge on any atom is 0.317 e. The van der Waals surface area contributed by atoms with Crippen LogP contribution in [0.3, 0.4) is 0 Å². The zero-order chi connectivity index (χ0) is 18.6. The molecule has 0 spiro atoms. The number of hydrogen-bond acceptors (Lipinski definition) is 3. The van der Waals surface area contributed by atoms with Crippen LogP contribution in [0.25, 0.3) is 0 Å². The molecule has 6 nitrogen and oxygen atoms in total. The Morgan fingerprint density at radius 1 is 1.32 bits per heavy atom. The van der Waals surface area contributed by atoms with Gasteiger partial charge >= 0.3 is 12.0 Å². The number of carbonyl (C=O) groups excluding carboxylic acids is 1. The second-order valence-corrected chi connectivity index (χ2v) is 7.53. The Balaban J connectivity index is 1.89. The molecule has 0 aliphatic carbocycles. The van der Waals surface area contributed by atoms with Crippen LogP contribution in [0.5, 0.6) is 0 Å². The Morgan fingerprint density at radius 3 is 2.60 bits per heavy atom. The third-order valence-corrected chi connectivity index (χ3v) is 4.97. The maximum atomic E-state index is 12.2. The van der Waals surface area contributed by atoms with E-state index in [0.29, 0.717) is 6.54 Å². The summed E-state index contributed by atoms with van der Waals surface area (Å²) in [6, 6.07) is 8.25. The number of hydrogen-bond donors (Lipinski definition) is 2. The average Bonchev–Trinajstić information content (AvgIpc) is 2.59. The van der Waals surface area contributed by atoms with Crippen LogP contribution in [0.15, 0.2) is 24.3 Å². The van der Waals surface area contributed by atoms with Gasteiger partial charge in [-0.25, -0.2) is 4.79 Å². The molecule has 0 saturated heterocycles. The molecule has 1 aliphatic rings. The summed E-state index contributed by atoms with van der Waals surface area (Å²) < 4.78 is 0. The van der Waals surface area contributed by atoms with Gasteiger partial charge in [0.25, 0.3) is 0 Å². The van der Waals surface area contributed by atoms with Gasteiger partial charge in [-0.15, -0.1) is 0 Å². The van der Waals surface area contributed by atoms with Gasteiger partial charge in [0, 0.05) is 38.8 Å². The highest BCUT2D eigenvalue weighted by Gasteiger charge is 2.30. The first-order chi connectivity index (χ1) is 11.7. The Kier molecular flexibility index (Phi) is 6.06. The zero-order valence-corrected chi connectivity index (χ0v) is 15.6. The summed E-state index contributed by atoms with van der Waals surface area (Å²) in [6.07, 6.45) is 1.02. The van der Waals surface area contributed by atoms with Crippen LogP contribution < -0.4 is 5.32 Å². The van der Waals surface area contributed by atoms with Crippen molar-refractivity contribution in [1.82, 2.24) is 15.1 Å². The number of nitrogens with zero attached hydrogens (tertiary/aromatic N) is 2. The molecule has 0 bridgehead atoms. The summed E-state index contributed by atoms with van der Waals surface area (Å²) in [5.41, 5.74) is 2.57. The van der Waals surface area contributed by atoms with E-state index in [1.54, 1.807) is 14.0 Å². The average molecular weight is 347 g/mol. The number of urea groups is 1. The summed E-state index contributed by atoms with van der Waals surface area (Å²) in [7, 11) is 1.62. The number of fused-ring (bicyclic) bond motifs is 1. The topological polar surface area (TPSA) is 72.9 Å². The highest BCUT2D eigenvalue weighted by atomic mass is 16.4. The molecule has 1 aromatic rings. The lowest BCUT2D eigenvalue weighted by molar-refractivity contribution is -0.141. The molecular weight excluding hydrogens is 318 g/mol. The molecule has 2 rings (SSSR count). The Labute approximate surface area is 149 Å². The van der Waals surface area contributed by atoms with Gasteiger partial charge in [-0.3, -0.25) is 9.69 Å². The molecule has 1 atom stereocenters. The number of carboxylic acid groups (broad SMARTS) is 1. The molecule has 6 heteroatoms. The number of amides is 2.